The van der Waals surface area contributed by atoms with Gasteiger partial charge < -0.3 is 35.0 Å². The van der Waals surface area contributed by atoms with E-state index in [1.807, 2.05) is 17.0 Å². The van der Waals surface area contributed by atoms with Gasteiger partial charge in [0.25, 0.3) is 0 Å². The second-order valence-corrected chi connectivity index (χ2v) is 16.0. The summed E-state index contributed by atoms with van der Waals surface area (Å²) >= 11 is 0. The minimum Gasteiger partial charge on any atom is -0.493 e. The Morgan fingerprint density at radius 2 is 1.59 bits per heavy atom. The molecule has 4 saturated carbocycles. The van der Waals surface area contributed by atoms with Crippen LogP contribution in [0.15, 0.2) is 23.8 Å². The molecule has 272 valence electrons. The predicted octanol–water partition coefficient (Wildman–Crippen LogP) is 5.78. The van der Waals surface area contributed by atoms with Crippen LogP contribution in [0.3, 0.4) is 0 Å². The van der Waals surface area contributed by atoms with Gasteiger partial charge in [-0.3, -0.25) is 9.59 Å². The van der Waals surface area contributed by atoms with Crippen LogP contribution in [0.1, 0.15) is 127 Å². The normalized spacial score (nSPS) is 30.7. The number of nitrogens with one attached hydrogen (secondary N) is 1. The van der Waals surface area contributed by atoms with E-state index in [2.05, 4.69) is 12.2 Å². The summed E-state index contributed by atoms with van der Waals surface area (Å²) in [6, 6.07) is 2.79. The summed E-state index contributed by atoms with van der Waals surface area (Å²) in [5, 5.41) is 34.6. The molecule has 5 aliphatic carbocycles. The van der Waals surface area contributed by atoms with Gasteiger partial charge in [0.2, 0.25) is 11.8 Å². The van der Waals surface area contributed by atoms with Gasteiger partial charge in [0.15, 0.2) is 11.5 Å². The molecule has 1 aromatic rings. The van der Waals surface area contributed by atoms with Crippen LogP contribution in [-0.4, -0.2) is 77.1 Å². The molecule has 49 heavy (non-hydrogen) atoms. The number of aliphatic hydroxyl groups is 3. The molecular weight excluding hydrogens is 620 g/mol. The van der Waals surface area contributed by atoms with Crippen LogP contribution in [-0.2, 0) is 16.2 Å². The maximum atomic E-state index is 14.4. The number of aliphatic hydroxyl groups excluding tert-OH is 3. The average Bonchev–Trinajstić information content (AvgIpc) is 3.48. The molecular formula is C40H60N2O7. The lowest BCUT2D eigenvalue weighted by atomic mass is 9.49. The van der Waals surface area contributed by atoms with Crippen molar-refractivity contribution in [3.05, 3.63) is 34.9 Å². The number of nitrogens with zero attached hydrogens (tertiary/aromatic N) is 1. The highest BCUT2D eigenvalue weighted by atomic mass is 16.5. The molecule has 7 rings (SSSR count). The number of methoxy groups -OCH3 is 1. The van der Waals surface area contributed by atoms with Gasteiger partial charge in [-0.2, -0.15) is 0 Å². The SMILES string of the molecule is CCCCCCCCCCCC(=O)N(CC12CC3CC(CC(C3)C1)C2)[C@@H]1C=C(C(=O)NCCO)[C@@H]2c3cc(CO)cc(OC)c3O[C@@H]2[C@H]1O. The van der Waals surface area contributed by atoms with Gasteiger partial charge in [0.1, 0.15) is 12.2 Å². The molecule has 9 nitrogen and oxygen atoms in total. The first-order valence-corrected chi connectivity index (χ1v) is 19.4. The van der Waals surface area contributed by atoms with E-state index in [1.54, 1.807) is 6.07 Å². The maximum absolute atomic E-state index is 14.4. The number of benzene rings is 1. The van der Waals surface area contributed by atoms with Crippen molar-refractivity contribution in [3.8, 4) is 11.5 Å². The van der Waals surface area contributed by atoms with Crippen LogP contribution in [0, 0.1) is 23.2 Å². The predicted molar refractivity (Wildman–Crippen MR) is 188 cm³/mol. The number of hydrogen-bond donors (Lipinski definition) is 4. The molecule has 0 radical (unpaired) electrons. The third-order valence-electron chi connectivity index (χ3n) is 12.3. The Morgan fingerprint density at radius 1 is 0.959 bits per heavy atom. The number of carbonyl (C=O) groups is 2. The molecule has 0 spiro atoms. The molecule has 1 aromatic carbocycles. The van der Waals surface area contributed by atoms with Crippen molar-refractivity contribution in [3.63, 3.8) is 0 Å². The van der Waals surface area contributed by atoms with Crippen molar-refractivity contribution >= 4 is 11.8 Å². The van der Waals surface area contributed by atoms with Crippen LogP contribution in [0.4, 0.5) is 0 Å². The number of fused-ring (bicyclic) bond motifs is 3. The van der Waals surface area contributed by atoms with E-state index in [0.29, 0.717) is 41.2 Å². The molecule has 4 atom stereocenters. The lowest BCUT2D eigenvalue weighted by Gasteiger charge is -2.58. The van der Waals surface area contributed by atoms with E-state index in [-0.39, 0.29) is 37.0 Å². The first-order valence-electron chi connectivity index (χ1n) is 19.4. The molecule has 0 unspecified atom stereocenters. The van der Waals surface area contributed by atoms with Crippen molar-refractivity contribution in [1.29, 1.82) is 0 Å². The molecule has 0 aromatic heterocycles. The summed E-state index contributed by atoms with van der Waals surface area (Å²) < 4.78 is 12.1. The second kappa shape index (κ2) is 16.2. The second-order valence-electron chi connectivity index (χ2n) is 16.0. The third kappa shape index (κ3) is 7.84. The number of hydrogen-bond acceptors (Lipinski definition) is 7. The Hall–Kier alpha value is -2.62. The minimum atomic E-state index is -1.07. The van der Waals surface area contributed by atoms with E-state index in [0.717, 1.165) is 56.3 Å². The van der Waals surface area contributed by atoms with Crippen LogP contribution >= 0.6 is 0 Å². The van der Waals surface area contributed by atoms with Crippen molar-refractivity contribution in [2.24, 2.45) is 23.2 Å². The van der Waals surface area contributed by atoms with Crippen molar-refractivity contribution in [2.45, 2.75) is 140 Å². The Kier molecular flexibility index (Phi) is 11.9. The number of amides is 2. The van der Waals surface area contributed by atoms with Gasteiger partial charge in [-0.25, -0.2) is 0 Å². The van der Waals surface area contributed by atoms with Crippen molar-refractivity contribution in [2.75, 3.05) is 26.8 Å². The zero-order chi connectivity index (χ0) is 34.5. The quantitative estimate of drug-likeness (QED) is 0.145. The molecule has 1 heterocycles. The monoisotopic (exact) mass is 680 g/mol. The summed E-state index contributed by atoms with van der Waals surface area (Å²) in [6.07, 6.45) is 18.2. The fourth-order valence-electron chi connectivity index (χ4n) is 10.6. The summed E-state index contributed by atoms with van der Waals surface area (Å²) in [4.78, 5) is 30.2. The Morgan fingerprint density at radius 3 is 2.18 bits per heavy atom. The first-order chi connectivity index (χ1) is 23.8. The Balaban J connectivity index is 1.27. The summed E-state index contributed by atoms with van der Waals surface area (Å²) in [6.45, 7) is 2.50. The minimum absolute atomic E-state index is 0.0446. The van der Waals surface area contributed by atoms with E-state index in [1.165, 1.54) is 64.9 Å². The molecule has 2 amide bonds. The van der Waals surface area contributed by atoms with E-state index >= 15 is 0 Å². The number of rotatable bonds is 18. The van der Waals surface area contributed by atoms with Crippen LogP contribution in [0.25, 0.3) is 0 Å². The highest BCUT2D eigenvalue weighted by Gasteiger charge is 2.55. The molecule has 4 N–H and O–H groups in total. The van der Waals surface area contributed by atoms with E-state index < -0.39 is 24.2 Å². The molecule has 1 aliphatic heterocycles. The first kappa shape index (κ1) is 36.2. The largest absolute Gasteiger partial charge is 0.493 e. The molecule has 4 bridgehead atoms. The van der Waals surface area contributed by atoms with Gasteiger partial charge in [-0.1, -0.05) is 58.3 Å². The number of unbranched alkanes of at least 4 members (excludes halogenated alkanes) is 8. The topological polar surface area (TPSA) is 129 Å². The highest BCUT2D eigenvalue weighted by Crippen LogP contribution is 2.60. The maximum Gasteiger partial charge on any atom is 0.247 e. The molecule has 6 aliphatic rings. The standard InChI is InChI=1S/C40H60N2O7/c1-3-4-5-6-7-8-9-10-11-12-34(45)42(25-40-21-26-15-27(22-40)17-28(16-26)23-40)32-20-31(39(47)41-13-14-43)35-30-18-29(24-44)19-33(48-2)37(30)49-38(35)36(32)46/h18-20,26-28,32,35-36,38,43-44,46H,3-17,21-25H2,1-2H3,(H,41,47)/t26?,27?,28?,32-,35+,36+,38+,40?/m1/s1. The summed E-state index contributed by atoms with van der Waals surface area (Å²) in [5.41, 5.74) is 1.75. The van der Waals surface area contributed by atoms with Gasteiger partial charge in [0.05, 0.1) is 32.3 Å². The highest BCUT2D eigenvalue weighted by molar-refractivity contribution is 5.96. The Bertz CT molecular complexity index is 1310. The van der Waals surface area contributed by atoms with Crippen LogP contribution in [0.2, 0.25) is 0 Å². The van der Waals surface area contributed by atoms with Crippen LogP contribution in [0.5, 0.6) is 11.5 Å². The van der Waals surface area contributed by atoms with E-state index in [9.17, 15) is 24.9 Å². The average molecular weight is 681 g/mol. The van der Waals surface area contributed by atoms with Gasteiger partial charge in [-0.15, -0.1) is 0 Å². The fraction of sp³-hybridized carbons (Fsp3) is 0.750. The molecule has 4 fully saturated rings. The summed E-state index contributed by atoms with van der Waals surface area (Å²) in [5.74, 6) is 2.11. The lowest BCUT2D eigenvalue weighted by Crippen LogP contribution is -2.59. The number of carbonyl (C=O) groups excluding carboxylic acids is 2. The molecule has 9 heteroatoms. The molecule has 0 saturated heterocycles. The number of ether oxygens (including phenoxy) is 2. The van der Waals surface area contributed by atoms with Crippen molar-refractivity contribution in [1.82, 2.24) is 10.2 Å². The smallest absolute Gasteiger partial charge is 0.247 e. The zero-order valence-electron chi connectivity index (χ0n) is 29.8. The lowest BCUT2D eigenvalue weighted by molar-refractivity contribution is -0.145. The van der Waals surface area contributed by atoms with E-state index in [4.69, 9.17) is 9.47 Å². The van der Waals surface area contributed by atoms with Crippen molar-refractivity contribution < 1.29 is 34.4 Å². The van der Waals surface area contributed by atoms with Gasteiger partial charge in [-0.05, 0) is 91.9 Å². The zero-order valence-corrected chi connectivity index (χ0v) is 29.8. The van der Waals surface area contributed by atoms with Gasteiger partial charge in [0, 0.05) is 30.6 Å². The van der Waals surface area contributed by atoms with Crippen LogP contribution < -0.4 is 14.8 Å². The Labute approximate surface area is 292 Å². The fourth-order valence-corrected chi connectivity index (χ4v) is 10.6. The van der Waals surface area contributed by atoms with Gasteiger partial charge >= 0.3 is 0 Å². The third-order valence-corrected chi connectivity index (χ3v) is 12.3. The summed E-state index contributed by atoms with van der Waals surface area (Å²) in [7, 11) is 1.53.